The average molecular weight is 294 g/mol. The van der Waals surface area contributed by atoms with Crippen molar-refractivity contribution in [3.63, 3.8) is 0 Å². The van der Waals surface area contributed by atoms with Crippen molar-refractivity contribution in [2.45, 2.75) is 18.9 Å². The van der Waals surface area contributed by atoms with Crippen molar-refractivity contribution >= 4 is 11.8 Å². The average Bonchev–Trinajstić information content (AvgIpc) is 3.00. The molecule has 1 aromatic rings. The Morgan fingerprint density at radius 2 is 2.38 bits per heavy atom. The van der Waals surface area contributed by atoms with E-state index in [1.54, 1.807) is 6.07 Å². The highest BCUT2D eigenvalue weighted by molar-refractivity contribution is 5.98. The van der Waals surface area contributed by atoms with Gasteiger partial charge in [-0.25, -0.2) is 9.82 Å². The molecule has 0 bridgehead atoms. The second-order valence-corrected chi connectivity index (χ2v) is 4.83. The van der Waals surface area contributed by atoms with Crippen molar-refractivity contribution in [3.05, 3.63) is 29.6 Å². The lowest BCUT2D eigenvalue weighted by Crippen LogP contribution is -2.32. The van der Waals surface area contributed by atoms with Gasteiger partial charge in [-0.1, -0.05) is 0 Å². The largest absolute Gasteiger partial charge is 0.488 e. The maximum absolute atomic E-state index is 14.0. The van der Waals surface area contributed by atoms with Gasteiger partial charge in [0.2, 0.25) is 5.90 Å². The first kappa shape index (κ1) is 13.8. The highest BCUT2D eigenvalue weighted by Crippen LogP contribution is 2.21. The van der Waals surface area contributed by atoms with E-state index in [9.17, 15) is 9.18 Å². The SMILES string of the molecule is O=C1COC(c2ccc(OC[C@@H]3CCCO3)c(F)c2)=NN1. The molecule has 1 N–H and O–H groups in total. The zero-order valence-corrected chi connectivity index (χ0v) is 11.3. The molecule has 21 heavy (non-hydrogen) atoms. The summed E-state index contributed by atoms with van der Waals surface area (Å²) in [6, 6.07) is 4.41. The van der Waals surface area contributed by atoms with Crippen LogP contribution in [0.25, 0.3) is 0 Å². The molecule has 0 aliphatic carbocycles. The number of hydrogen-bond acceptors (Lipinski definition) is 5. The standard InChI is InChI=1S/C14H15FN2O4/c15-11-6-9(14-17-16-13(18)8-21-14)3-4-12(11)20-7-10-2-1-5-19-10/h3-4,6,10H,1-2,5,7-8H2,(H,16,18)/t10-/m0/s1. The highest BCUT2D eigenvalue weighted by Gasteiger charge is 2.19. The van der Waals surface area contributed by atoms with Gasteiger partial charge in [-0.15, -0.1) is 5.10 Å². The number of rotatable bonds is 4. The molecule has 6 nitrogen and oxygen atoms in total. The summed E-state index contributed by atoms with van der Waals surface area (Å²) >= 11 is 0. The molecule has 7 heteroatoms. The number of amides is 1. The Hall–Kier alpha value is -2.15. The lowest BCUT2D eigenvalue weighted by atomic mass is 10.2. The fourth-order valence-electron chi connectivity index (χ4n) is 2.17. The molecule has 3 rings (SSSR count). The fraction of sp³-hybridized carbons (Fsp3) is 0.429. The van der Waals surface area contributed by atoms with E-state index in [2.05, 4.69) is 10.5 Å². The summed E-state index contributed by atoms with van der Waals surface area (Å²) in [5.41, 5.74) is 2.72. The van der Waals surface area contributed by atoms with Crippen molar-refractivity contribution in [1.82, 2.24) is 5.43 Å². The maximum Gasteiger partial charge on any atom is 0.278 e. The summed E-state index contributed by atoms with van der Waals surface area (Å²) in [5, 5.41) is 3.73. The molecule has 0 unspecified atom stereocenters. The molecule has 1 amide bonds. The van der Waals surface area contributed by atoms with Gasteiger partial charge in [-0.3, -0.25) is 4.79 Å². The van der Waals surface area contributed by atoms with Gasteiger partial charge >= 0.3 is 0 Å². The Morgan fingerprint density at radius 1 is 1.48 bits per heavy atom. The van der Waals surface area contributed by atoms with Gasteiger partial charge in [0.05, 0.1) is 6.10 Å². The third-order valence-corrected chi connectivity index (χ3v) is 3.25. The second kappa shape index (κ2) is 6.09. The van der Waals surface area contributed by atoms with Crippen LogP contribution in [0.5, 0.6) is 5.75 Å². The third-order valence-electron chi connectivity index (χ3n) is 3.25. The van der Waals surface area contributed by atoms with Crippen molar-refractivity contribution in [1.29, 1.82) is 0 Å². The summed E-state index contributed by atoms with van der Waals surface area (Å²) in [7, 11) is 0. The Morgan fingerprint density at radius 3 is 3.05 bits per heavy atom. The molecule has 2 aliphatic heterocycles. The first-order chi connectivity index (χ1) is 10.2. The van der Waals surface area contributed by atoms with Crippen LogP contribution >= 0.6 is 0 Å². The Balaban J connectivity index is 1.66. The minimum absolute atomic E-state index is 0.0327. The van der Waals surface area contributed by atoms with Crippen LogP contribution in [0.15, 0.2) is 23.3 Å². The first-order valence-electron chi connectivity index (χ1n) is 6.76. The molecule has 1 aromatic carbocycles. The normalized spacial score (nSPS) is 21.5. The molecular weight excluding hydrogens is 279 g/mol. The zero-order chi connectivity index (χ0) is 14.7. The second-order valence-electron chi connectivity index (χ2n) is 4.83. The van der Waals surface area contributed by atoms with Crippen LogP contribution in [0.2, 0.25) is 0 Å². The molecule has 2 aliphatic rings. The minimum atomic E-state index is -0.506. The van der Waals surface area contributed by atoms with Crippen LogP contribution in [-0.4, -0.2) is 37.7 Å². The molecule has 0 aromatic heterocycles. The van der Waals surface area contributed by atoms with E-state index in [1.165, 1.54) is 12.1 Å². The molecule has 2 heterocycles. The highest BCUT2D eigenvalue weighted by atomic mass is 19.1. The van der Waals surface area contributed by atoms with Crippen molar-refractivity contribution < 1.29 is 23.4 Å². The number of hydrazone groups is 1. The number of hydrogen-bond donors (Lipinski definition) is 1. The zero-order valence-electron chi connectivity index (χ0n) is 11.3. The summed E-state index contributed by atoms with van der Waals surface area (Å²) in [5.74, 6) is -0.502. The molecule has 112 valence electrons. The van der Waals surface area contributed by atoms with Gasteiger partial charge < -0.3 is 14.2 Å². The quantitative estimate of drug-likeness (QED) is 0.905. The van der Waals surface area contributed by atoms with E-state index < -0.39 is 5.82 Å². The van der Waals surface area contributed by atoms with Gasteiger partial charge in [0.15, 0.2) is 18.2 Å². The predicted octanol–water partition coefficient (Wildman–Crippen LogP) is 1.19. The van der Waals surface area contributed by atoms with E-state index in [0.29, 0.717) is 12.2 Å². The third kappa shape index (κ3) is 3.30. The Bertz CT molecular complexity index is 570. The Labute approximate surface area is 120 Å². The number of benzene rings is 1. The van der Waals surface area contributed by atoms with Crippen molar-refractivity contribution in [2.75, 3.05) is 19.8 Å². The van der Waals surface area contributed by atoms with E-state index >= 15 is 0 Å². The molecule has 0 saturated carbocycles. The molecule has 0 radical (unpaired) electrons. The molecule has 1 atom stereocenters. The minimum Gasteiger partial charge on any atom is -0.488 e. The summed E-state index contributed by atoms with van der Waals surface area (Å²) in [6.07, 6.45) is 1.98. The van der Waals surface area contributed by atoms with E-state index in [0.717, 1.165) is 19.4 Å². The monoisotopic (exact) mass is 294 g/mol. The van der Waals surface area contributed by atoms with Gasteiger partial charge in [-0.05, 0) is 31.0 Å². The van der Waals surface area contributed by atoms with Gasteiger partial charge in [-0.2, -0.15) is 0 Å². The van der Waals surface area contributed by atoms with Crippen LogP contribution in [0.1, 0.15) is 18.4 Å². The summed E-state index contributed by atoms with van der Waals surface area (Å²) in [4.78, 5) is 10.9. The van der Waals surface area contributed by atoms with E-state index in [-0.39, 0.29) is 30.3 Å². The topological polar surface area (TPSA) is 69.2 Å². The number of carbonyl (C=O) groups is 1. The predicted molar refractivity (Wildman–Crippen MR) is 71.5 cm³/mol. The molecule has 1 fully saturated rings. The maximum atomic E-state index is 14.0. The number of nitrogens with zero attached hydrogens (tertiary/aromatic N) is 1. The fourth-order valence-corrected chi connectivity index (χ4v) is 2.17. The number of halogens is 1. The van der Waals surface area contributed by atoms with Gasteiger partial charge in [0.1, 0.15) is 6.61 Å². The van der Waals surface area contributed by atoms with Crippen LogP contribution in [0.3, 0.4) is 0 Å². The number of nitrogens with one attached hydrogen (secondary N) is 1. The lowest BCUT2D eigenvalue weighted by molar-refractivity contribution is -0.124. The van der Waals surface area contributed by atoms with Crippen LogP contribution < -0.4 is 10.2 Å². The molecular formula is C14H15FN2O4. The van der Waals surface area contributed by atoms with Crippen LogP contribution in [0.4, 0.5) is 4.39 Å². The van der Waals surface area contributed by atoms with Gasteiger partial charge in [0, 0.05) is 12.2 Å². The molecule has 0 spiro atoms. The van der Waals surface area contributed by atoms with Crippen LogP contribution in [-0.2, 0) is 14.3 Å². The first-order valence-corrected chi connectivity index (χ1v) is 6.76. The van der Waals surface area contributed by atoms with Crippen molar-refractivity contribution in [3.8, 4) is 5.75 Å². The van der Waals surface area contributed by atoms with Gasteiger partial charge in [0.25, 0.3) is 5.91 Å². The number of carbonyl (C=O) groups excluding carboxylic acids is 1. The van der Waals surface area contributed by atoms with Crippen molar-refractivity contribution in [2.24, 2.45) is 5.10 Å². The molecule has 1 saturated heterocycles. The Kier molecular flexibility index (Phi) is 4.01. The van der Waals surface area contributed by atoms with Crippen LogP contribution in [0, 0.1) is 5.82 Å². The lowest BCUT2D eigenvalue weighted by Gasteiger charge is -2.15. The smallest absolute Gasteiger partial charge is 0.278 e. The number of ether oxygens (including phenoxy) is 3. The van der Waals surface area contributed by atoms with E-state index in [1.807, 2.05) is 0 Å². The van der Waals surface area contributed by atoms with E-state index in [4.69, 9.17) is 14.2 Å². The summed E-state index contributed by atoms with van der Waals surface area (Å²) in [6.45, 7) is 0.944. The summed E-state index contributed by atoms with van der Waals surface area (Å²) < 4.78 is 30.0.